The number of carbonyl (C=O) groups excluding carboxylic acids is 2. The van der Waals surface area contributed by atoms with Crippen LogP contribution in [0.4, 0.5) is 4.79 Å². The van der Waals surface area contributed by atoms with Gasteiger partial charge in [-0.1, -0.05) is 60.7 Å². The molecule has 2 aromatic rings. The second-order valence-corrected chi connectivity index (χ2v) is 11.5. The molecule has 7 nitrogen and oxygen atoms in total. The number of hydrogen-bond acceptors (Lipinski definition) is 4. The van der Waals surface area contributed by atoms with Crippen molar-refractivity contribution in [3.8, 4) is 0 Å². The molecule has 0 radical (unpaired) electrons. The van der Waals surface area contributed by atoms with Crippen LogP contribution in [0.3, 0.4) is 0 Å². The maximum absolute atomic E-state index is 13.8. The van der Waals surface area contributed by atoms with E-state index in [1.54, 1.807) is 11.9 Å². The fourth-order valence-electron chi connectivity index (χ4n) is 5.38. The summed E-state index contributed by atoms with van der Waals surface area (Å²) in [5, 5.41) is 0. The van der Waals surface area contributed by atoms with E-state index in [1.807, 2.05) is 67.6 Å². The number of benzene rings is 2. The van der Waals surface area contributed by atoms with Crippen LogP contribution in [-0.4, -0.2) is 66.9 Å². The monoisotopic (exact) mass is 483 g/mol. The Bertz CT molecular complexity index is 1120. The molecular formula is C26H33N3O4S. The third-order valence-corrected chi connectivity index (χ3v) is 8.73. The second-order valence-electron chi connectivity index (χ2n) is 9.47. The van der Waals surface area contributed by atoms with Gasteiger partial charge in [-0.15, -0.1) is 0 Å². The van der Waals surface area contributed by atoms with E-state index in [2.05, 4.69) is 0 Å². The number of hydrogen-bond donors (Lipinski definition) is 0. The fourth-order valence-corrected chi connectivity index (χ4v) is 6.26. The lowest BCUT2D eigenvalue weighted by Gasteiger charge is -2.36. The molecule has 182 valence electrons. The van der Waals surface area contributed by atoms with Crippen molar-refractivity contribution >= 4 is 22.0 Å². The largest absolute Gasteiger partial charge is 0.327 e. The fraction of sp³-hybridized carbons (Fsp3) is 0.462. The zero-order valence-electron chi connectivity index (χ0n) is 20.0. The number of likely N-dealkylation sites (N-methyl/N-ethyl adjacent to an activating group) is 1. The van der Waals surface area contributed by atoms with E-state index >= 15 is 0 Å². The normalized spacial score (nSPS) is 23.3. The van der Waals surface area contributed by atoms with E-state index in [0.717, 1.165) is 11.1 Å². The summed E-state index contributed by atoms with van der Waals surface area (Å²) in [4.78, 5) is 30.0. The van der Waals surface area contributed by atoms with Crippen molar-refractivity contribution in [1.82, 2.24) is 14.1 Å². The molecule has 2 aliphatic rings. The molecule has 2 fully saturated rings. The highest BCUT2D eigenvalue weighted by Gasteiger charge is 2.46. The van der Waals surface area contributed by atoms with Crippen molar-refractivity contribution < 1.29 is 18.0 Å². The molecule has 0 saturated carbocycles. The molecule has 1 unspecified atom stereocenters. The Kier molecular flexibility index (Phi) is 7.09. The summed E-state index contributed by atoms with van der Waals surface area (Å²) in [6.07, 6.45) is 2.83. The predicted molar refractivity (Wildman–Crippen MR) is 132 cm³/mol. The highest BCUT2D eigenvalue weighted by Crippen LogP contribution is 2.40. The van der Waals surface area contributed by atoms with Crippen LogP contribution in [0.1, 0.15) is 49.3 Å². The van der Waals surface area contributed by atoms with Crippen LogP contribution in [0.25, 0.3) is 0 Å². The smallest absolute Gasteiger partial charge is 0.322 e. The Labute approximate surface area is 202 Å². The number of carbonyl (C=O) groups is 2. The first kappa shape index (κ1) is 24.4. The summed E-state index contributed by atoms with van der Waals surface area (Å²) in [5.74, 6) is -0.109. The molecule has 2 saturated heterocycles. The first-order valence-corrected chi connectivity index (χ1v) is 13.7. The Morgan fingerprint density at radius 2 is 1.56 bits per heavy atom. The lowest BCUT2D eigenvalue weighted by Crippen LogP contribution is -2.41. The molecule has 0 aromatic heterocycles. The Morgan fingerprint density at radius 3 is 2.12 bits per heavy atom. The summed E-state index contributed by atoms with van der Waals surface area (Å²) in [6.45, 7) is 2.88. The van der Waals surface area contributed by atoms with Crippen molar-refractivity contribution in [3.63, 3.8) is 0 Å². The zero-order valence-corrected chi connectivity index (χ0v) is 20.8. The van der Waals surface area contributed by atoms with Gasteiger partial charge in [-0.25, -0.2) is 17.5 Å². The van der Waals surface area contributed by atoms with E-state index in [-0.39, 0.29) is 42.3 Å². The highest BCUT2D eigenvalue weighted by atomic mass is 32.2. The van der Waals surface area contributed by atoms with Crippen molar-refractivity contribution in [1.29, 1.82) is 0 Å². The summed E-state index contributed by atoms with van der Waals surface area (Å²) in [6, 6.07) is 18.9. The van der Waals surface area contributed by atoms with Crippen LogP contribution >= 0.6 is 0 Å². The van der Waals surface area contributed by atoms with Crippen molar-refractivity contribution in [3.05, 3.63) is 71.8 Å². The number of nitrogens with zero attached hydrogens (tertiary/aromatic N) is 3. The first-order valence-electron chi connectivity index (χ1n) is 11.8. The molecule has 2 heterocycles. The van der Waals surface area contributed by atoms with Crippen LogP contribution in [0.15, 0.2) is 60.7 Å². The minimum Gasteiger partial charge on any atom is -0.322 e. The molecule has 0 spiro atoms. The summed E-state index contributed by atoms with van der Waals surface area (Å²) in [5.41, 5.74) is 2.00. The Balaban J connectivity index is 1.60. The lowest BCUT2D eigenvalue weighted by molar-refractivity contribution is -0.130. The third kappa shape index (κ3) is 4.88. The molecular weight excluding hydrogens is 450 g/mol. The van der Waals surface area contributed by atoms with Crippen LogP contribution in [0, 0.1) is 5.92 Å². The number of sulfonamides is 1. The summed E-state index contributed by atoms with van der Waals surface area (Å²) in [7, 11) is -1.48. The van der Waals surface area contributed by atoms with E-state index in [9.17, 15) is 18.0 Å². The summed E-state index contributed by atoms with van der Waals surface area (Å²) >= 11 is 0. The standard InChI is InChI=1S/C26H33N3O4S/c1-19-25(22-12-8-5-9-13-22)29(26(31)27(19)2)24(30)18-23(20-10-6-4-7-11-20)21-14-16-28(17-15-21)34(3,32)33/h4-13,19,21,23,25H,14-18H2,1-3H3/t19-,23?,25+/m0/s1. The number of urea groups is 1. The van der Waals surface area contributed by atoms with E-state index in [4.69, 9.17) is 0 Å². The molecule has 3 atom stereocenters. The third-order valence-electron chi connectivity index (χ3n) is 7.42. The molecule has 2 aromatic carbocycles. The quantitative estimate of drug-likeness (QED) is 0.625. The van der Waals surface area contributed by atoms with Gasteiger partial charge >= 0.3 is 6.03 Å². The number of imide groups is 1. The molecule has 2 aliphatic heterocycles. The second kappa shape index (κ2) is 9.88. The molecule has 3 amide bonds. The maximum atomic E-state index is 13.8. The van der Waals surface area contributed by atoms with Crippen LogP contribution in [0.5, 0.6) is 0 Å². The molecule has 0 N–H and O–H groups in total. The maximum Gasteiger partial charge on any atom is 0.327 e. The molecule has 0 bridgehead atoms. The van der Waals surface area contributed by atoms with Crippen molar-refractivity contribution in [2.75, 3.05) is 26.4 Å². The van der Waals surface area contributed by atoms with Gasteiger partial charge in [0.15, 0.2) is 0 Å². The topological polar surface area (TPSA) is 78.0 Å². The average molecular weight is 484 g/mol. The van der Waals surface area contributed by atoms with Crippen molar-refractivity contribution in [2.24, 2.45) is 5.92 Å². The number of piperidine rings is 1. The predicted octanol–water partition coefficient (Wildman–Crippen LogP) is 3.86. The highest BCUT2D eigenvalue weighted by molar-refractivity contribution is 7.88. The zero-order chi connectivity index (χ0) is 24.5. The van der Waals surface area contributed by atoms with Gasteiger partial charge in [-0.3, -0.25) is 9.69 Å². The van der Waals surface area contributed by atoms with Gasteiger partial charge in [0, 0.05) is 26.6 Å². The van der Waals surface area contributed by atoms with Crippen LogP contribution in [0.2, 0.25) is 0 Å². The van der Waals surface area contributed by atoms with Gasteiger partial charge in [-0.05, 0) is 42.7 Å². The number of rotatable bonds is 6. The van der Waals surface area contributed by atoms with Gasteiger partial charge in [0.1, 0.15) is 0 Å². The van der Waals surface area contributed by atoms with Crippen molar-refractivity contribution in [2.45, 2.75) is 44.2 Å². The molecule has 0 aliphatic carbocycles. The molecule has 34 heavy (non-hydrogen) atoms. The van der Waals surface area contributed by atoms with E-state index < -0.39 is 10.0 Å². The Morgan fingerprint density at radius 1 is 1.00 bits per heavy atom. The van der Waals surface area contributed by atoms with Gasteiger partial charge in [0.2, 0.25) is 15.9 Å². The van der Waals surface area contributed by atoms with Gasteiger partial charge in [-0.2, -0.15) is 0 Å². The van der Waals surface area contributed by atoms with Gasteiger partial charge in [0.25, 0.3) is 0 Å². The minimum atomic E-state index is -3.23. The Hall–Kier alpha value is -2.71. The first-order chi connectivity index (χ1) is 16.2. The lowest BCUT2D eigenvalue weighted by atomic mass is 9.78. The molecule has 4 rings (SSSR count). The minimum absolute atomic E-state index is 0.0826. The van der Waals surface area contributed by atoms with Crippen LogP contribution in [-0.2, 0) is 14.8 Å². The molecule has 8 heteroatoms. The van der Waals surface area contributed by atoms with Gasteiger partial charge in [0.05, 0.1) is 18.3 Å². The SMILES string of the molecule is C[C@H]1[C@H](c2ccccc2)N(C(=O)CC(c2ccccc2)C2CCN(S(C)(=O)=O)CC2)C(=O)N1C. The number of amides is 3. The van der Waals surface area contributed by atoms with Gasteiger partial charge < -0.3 is 4.90 Å². The summed E-state index contributed by atoms with van der Waals surface area (Å²) < 4.78 is 25.5. The van der Waals surface area contributed by atoms with E-state index in [0.29, 0.717) is 25.9 Å². The average Bonchev–Trinajstić information content (AvgIpc) is 3.07. The van der Waals surface area contributed by atoms with E-state index in [1.165, 1.54) is 15.5 Å². The van der Waals surface area contributed by atoms with Crippen LogP contribution < -0.4 is 0 Å².